The number of halogens is 1. The molecule has 1 aromatic heterocycles. The molecule has 0 unspecified atom stereocenters. The number of piperazine rings is 1. The van der Waals surface area contributed by atoms with Crippen molar-refractivity contribution in [1.82, 2.24) is 30.0 Å². The second-order valence-electron chi connectivity index (χ2n) is 10.3. The zero-order valence-electron chi connectivity index (χ0n) is 17.8. The van der Waals surface area contributed by atoms with Crippen LogP contribution in [0.2, 0.25) is 0 Å². The Morgan fingerprint density at radius 3 is 2.35 bits per heavy atom. The van der Waals surface area contributed by atoms with Gasteiger partial charge in [0.1, 0.15) is 5.82 Å². The Morgan fingerprint density at radius 1 is 1.03 bits per heavy atom. The predicted octanol–water partition coefficient (Wildman–Crippen LogP) is 2.66. The van der Waals surface area contributed by atoms with Crippen LogP contribution in [0.15, 0.2) is 24.3 Å². The highest BCUT2D eigenvalue weighted by Gasteiger charge is 2.55. The van der Waals surface area contributed by atoms with Crippen LogP contribution in [0.4, 0.5) is 4.39 Å². The molecule has 4 bridgehead atoms. The van der Waals surface area contributed by atoms with Crippen LogP contribution in [-0.2, 0) is 11.3 Å². The molecule has 2 heterocycles. The third kappa shape index (κ3) is 3.45. The van der Waals surface area contributed by atoms with Crippen molar-refractivity contribution in [3.05, 3.63) is 35.9 Å². The number of hydrogen-bond donors (Lipinski definition) is 0. The fourth-order valence-corrected chi connectivity index (χ4v) is 7.13. The summed E-state index contributed by atoms with van der Waals surface area (Å²) in [4.78, 5) is 18.0. The second kappa shape index (κ2) is 7.36. The van der Waals surface area contributed by atoms with E-state index in [1.165, 1.54) is 31.4 Å². The van der Waals surface area contributed by atoms with Crippen LogP contribution in [0.3, 0.4) is 0 Å². The van der Waals surface area contributed by atoms with Gasteiger partial charge in [0.05, 0.1) is 17.6 Å². The highest BCUT2D eigenvalue weighted by atomic mass is 19.1. The molecule has 0 N–H and O–H groups in total. The molecule has 0 atom stereocenters. The van der Waals surface area contributed by atoms with E-state index in [0.717, 1.165) is 63.2 Å². The fourth-order valence-electron chi connectivity index (χ4n) is 7.13. The fraction of sp³-hybridized carbons (Fsp3) is 0.652. The van der Waals surface area contributed by atoms with E-state index in [1.54, 1.807) is 16.8 Å². The molecule has 1 amide bonds. The largest absolute Gasteiger partial charge is 0.340 e. The van der Waals surface area contributed by atoms with E-state index in [-0.39, 0.29) is 11.2 Å². The van der Waals surface area contributed by atoms with Gasteiger partial charge in [0.2, 0.25) is 5.91 Å². The lowest BCUT2D eigenvalue weighted by molar-refractivity contribution is -0.159. The Bertz CT molecular complexity index is 947. The predicted molar refractivity (Wildman–Crippen MR) is 112 cm³/mol. The smallest absolute Gasteiger partial charge is 0.228 e. The van der Waals surface area contributed by atoms with Crippen LogP contribution in [0.25, 0.3) is 5.69 Å². The lowest BCUT2D eigenvalue weighted by Crippen LogP contribution is -2.58. The molecule has 7 nitrogen and oxygen atoms in total. The van der Waals surface area contributed by atoms with E-state index in [0.29, 0.717) is 24.0 Å². The molecule has 164 valence electrons. The van der Waals surface area contributed by atoms with E-state index in [4.69, 9.17) is 0 Å². The van der Waals surface area contributed by atoms with Gasteiger partial charge in [-0.1, -0.05) is 6.07 Å². The van der Waals surface area contributed by atoms with Crippen molar-refractivity contribution in [3.8, 4) is 5.69 Å². The van der Waals surface area contributed by atoms with Crippen LogP contribution in [-0.4, -0.2) is 62.1 Å². The first-order chi connectivity index (χ1) is 15.1. The molecular formula is C23H29FN6O. The Morgan fingerprint density at radius 2 is 1.71 bits per heavy atom. The number of carbonyl (C=O) groups excluding carboxylic acids is 1. The SMILES string of the molecule is O=C(N1CCN(Cc2nnnn2-c2cccc(F)c2)CC1)C12CC3CC(CC(C3)C1)C2. The van der Waals surface area contributed by atoms with Crippen LogP contribution >= 0.6 is 0 Å². The Labute approximate surface area is 181 Å². The first-order valence-electron chi connectivity index (χ1n) is 11.6. The first-order valence-corrected chi connectivity index (χ1v) is 11.6. The maximum Gasteiger partial charge on any atom is 0.228 e. The van der Waals surface area contributed by atoms with Crippen molar-refractivity contribution in [1.29, 1.82) is 0 Å². The van der Waals surface area contributed by atoms with Gasteiger partial charge in [-0.2, -0.15) is 4.68 Å². The second-order valence-corrected chi connectivity index (χ2v) is 10.3. The third-order valence-electron chi connectivity index (χ3n) is 8.10. The Hall–Kier alpha value is -2.35. The van der Waals surface area contributed by atoms with Gasteiger partial charge in [-0.05, 0) is 84.9 Å². The normalized spacial score (nSPS) is 32.5. The standard InChI is InChI=1S/C23H29FN6O/c24-19-2-1-3-20(11-19)30-21(25-26-27-30)15-28-4-6-29(7-5-28)22(31)23-12-16-8-17(13-23)10-18(9-16)14-23/h1-3,11,16-18H,4-10,12-15H2. The summed E-state index contributed by atoms with van der Waals surface area (Å²) in [5.74, 6) is 3.17. The molecule has 4 aliphatic carbocycles. The number of nitrogens with zero attached hydrogens (tertiary/aromatic N) is 6. The monoisotopic (exact) mass is 424 g/mol. The summed E-state index contributed by atoms with van der Waals surface area (Å²) in [5, 5.41) is 12.0. The van der Waals surface area contributed by atoms with Crippen LogP contribution in [0, 0.1) is 29.0 Å². The summed E-state index contributed by atoms with van der Waals surface area (Å²) >= 11 is 0. The number of benzene rings is 1. The lowest BCUT2D eigenvalue weighted by atomic mass is 9.49. The number of amides is 1. The number of carbonyl (C=O) groups is 1. The molecule has 8 heteroatoms. The van der Waals surface area contributed by atoms with Gasteiger partial charge in [-0.15, -0.1) is 5.10 Å². The molecule has 31 heavy (non-hydrogen) atoms. The van der Waals surface area contributed by atoms with Gasteiger partial charge < -0.3 is 4.90 Å². The molecule has 0 radical (unpaired) electrons. The maximum absolute atomic E-state index is 13.6. The third-order valence-corrected chi connectivity index (χ3v) is 8.10. The van der Waals surface area contributed by atoms with E-state index in [2.05, 4.69) is 25.3 Å². The van der Waals surface area contributed by atoms with Crippen molar-refractivity contribution >= 4 is 5.91 Å². The van der Waals surface area contributed by atoms with Crippen molar-refractivity contribution in [3.63, 3.8) is 0 Å². The quantitative estimate of drug-likeness (QED) is 0.755. The van der Waals surface area contributed by atoms with E-state index < -0.39 is 0 Å². The summed E-state index contributed by atoms with van der Waals surface area (Å²) in [5.41, 5.74) is 0.564. The Balaban J connectivity index is 1.10. The molecule has 1 aromatic carbocycles. The minimum atomic E-state index is -0.309. The molecule has 4 saturated carbocycles. The molecular weight excluding hydrogens is 395 g/mol. The van der Waals surface area contributed by atoms with Gasteiger partial charge >= 0.3 is 0 Å². The van der Waals surface area contributed by atoms with E-state index in [9.17, 15) is 9.18 Å². The number of rotatable bonds is 4. The summed E-state index contributed by atoms with van der Waals surface area (Å²) in [6, 6.07) is 6.30. The van der Waals surface area contributed by atoms with Crippen LogP contribution < -0.4 is 0 Å². The Kier molecular flexibility index (Phi) is 4.59. The molecule has 1 saturated heterocycles. The van der Waals surface area contributed by atoms with Gasteiger partial charge in [0.15, 0.2) is 5.82 Å². The number of hydrogen-bond acceptors (Lipinski definition) is 5. The van der Waals surface area contributed by atoms with Crippen LogP contribution in [0.1, 0.15) is 44.3 Å². The minimum Gasteiger partial charge on any atom is -0.340 e. The number of tetrazole rings is 1. The zero-order valence-corrected chi connectivity index (χ0v) is 17.8. The lowest BCUT2D eigenvalue weighted by Gasteiger charge is -2.57. The minimum absolute atomic E-state index is 0.0571. The zero-order chi connectivity index (χ0) is 21.0. The average molecular weight is 425 g/mol. The molecule has 7 rings (SSSR count). The first kappa shape index (κ1) is 19.3. The summed E-state index contributed by atoms with van der Waals surface area (Å²) < 4.78 is 15.2. The highest BCUT2D eigenvalue weighted by Crippen LogP contribution is 2.60. The van der Waals surface area contributed by atoms with Gasteiger partial charge in [0, 0.05) is 26.2 Å². The summed E-state index contributed by atoms with van der Waals surface area (Å²) in [7, 11) is 0. The molecule has 5 aliphatic rings. The van der Waals surface area contributed by atoms with E-state index >= 15 is 0 Å². The summed E-state index contributed by atoms with van der Waals surface area (Å²) in [6.07, 6.45) is 7.46. The molecule has 1 aliphatic heterocycles. The molecule has 5 fully saturated rings. The number of aromatic nitrogens is 4. The van der Waals surface area contributed by atoms with Crippen molar-refractivity contribution in [2.24, 2.45) is 23.2 Å². The van der Waals surface area contributed by atoms with Gasteiger partial charge in [0.25, 0.3) is 0 Å². The average Bonchev–Trinajstić information content (AvgIpc) is 3.21. The molecule has 2 aromatic rings. The topological polar surface area (TPSA) is 67.2 Å². The summed E-state index contributed by atoms with van der Waals surface area (Å²) in [6.45, 7) is 3.75. The van der Waals surface area contributed by atoms with Crippen molar-refractivity contribution in [2.45, 2.75) is 45.1 Å². The van der Waals surface area contributed by atoms with E-state index in [1.807, 2.05) is 0 Å². The van der Waals surface area contributed by atoms with Gasteiger partial charge in [-0.25, -0.2) is 4.39 Å². The van der Waals surface area contributed by atoms with Crippen molar-refractivity contribution < 1.29 is 9.18 Å². The van der Waals surface area contributed by atoms with Crippen LogP contribution in [0.5, 0.6) is 0 Å². The molecule has 0 spiro atoms. The van der Waals surface area contributed by atoms with Gasteiger partial charge in [-0.3, -0.25) is 9.69 Å². The highest BCUT2D eigenvalue weighted by molar-refractivity contribution is 5.83. The van der Waals surface area contributed by atoms with Crippen molar-refractivity contribution in [2.75, 3.05) is 26.2 Å². The maximum atomic E-state index is 13.6.